The van der Waals surface area contributed by atoms with Gasteiger partial charge in [0, 0.05) is 26.2 Å². The van der Waals surface area contributed by atoms with Crippen LogP contribution in [0.3, 0.4) is 0 Å². The van der Waals surface area contributed by atoms with E-state index in [4.69, 9.17) is 16.3 Å². The number of rotatable bonds is 5. The number of nitrogens with zero attached hydrogens (tertiary/aromatic N) is 2. The number of hydrogen-bond acceptors (Lipinski definition) is 5. The van der Waals surface area contributed by atoms with Crippen LogP contribution in [0.25, 0.3) is 0 Å². The summed E-state index contributed by atoms with van der Waals surface area (Å²) in [5, 5.41) is 0.719. The molecule has 1 saturated heterocycles. The van der Waals surface area contributed by atoms with Gasteiger partial charge in [-0.2, -0.15) is 0 Å². The molecule has 7 heteroatoms. The predicted octanol–water partition coefficient (Wildman–Crippen LogP) is 2.85. The molecule has 0 radical (unpaired) electrons. The van der Waals surface area contributed by atoms with E-state index in [2.05, 4.69) is 9.64 Å². The van der Waals surface area contributed by atoms with E-state index >= 15 is 0 Å². The second kappa shape index (κ2) is 8.77. The first-order valence-electron chi connectivity index (χ1n) is 8.67. The summed E-state index contributed by atoms with van der Waals surface area (Å²) in [6.45, 7) is 2.65. The lowest BCUT2D eigenvalue weighted by Crippen LogP contribution is -2.50. The number of carbonyl (C=O) groups is 2. The van der Waals surface area contributed by atoms with Crippen molar-refractivity contribution < 1.29 is 19.1 Å². The van der Waals surface area contributed by atoms with Gasteiger partial charge in [-0.1, -0.05) is 23.7 Å². The molecule has 2 aromatic rings. The average molecular weight is 389 g/mol. The van der Waals surface area contributed by atoms with E-state index in [1.165, 1.54) is 7.11 Å². The van der Waals surface area contributed by atoms with Crippen molar-refractivity contribution in [3.63, 3.8) is 0 Å². The van der Waals surface area contributed by atoms with E-state index in [0.29, 0.717) is 24.4 Å². The van der Waals surface area contributed by atoms with Gasteiger partial charge in [-0.25, -0.2) is 4.79 Å². The molecule has 0 bridgehead atoms. The lowest BCUT2D eigenvalue weighted by molar-refractivity contribution is -0.133. The fraction of sp³-hybridized carbons (Fsp3) is 0.300. The number of benzene rings is 2. The Kier molecular flexibility index (Phi) is 6.19. The molecule has 2 aromatic carbocycles. The quantitative estimate of drug-likeness (QED) is 0.737. The normalized spacial score (nSPS) is 14.0. The maximum Gasteiger partial charge on any atom is 0.337 e. The number of piperazine rings is 1. The molecule has 1 aliphatic rings. The molecule has 0 saturated carbocycles. The lowest BCUT2D eigenvalue weighted by atomic mass is 10.2. The van der Waals surface area contributed by atoms with Crippen LogP contribution in [0.5, 0.6) is 5.75 Å². The number of halogens is 1. The number of esters is 1. The van der Waals surface area contributed by atoms with Crippen LogP contribution in [0, 0.1) is 0 Å². The Hall–Kier alpha value is -2.73. The van der Waals surface area contributed by atoms with Gasteiger partial charge >= 0.3 is 5.97 Å². The first-order chi connectivity index (χ1) is 13.1. The highest BCUT2D eigenvalue weighted by molar-refractivity contribution is 6.33. The van der Waals surface area contributed by atoms with Crippen LogP contribution in [0.4, 0.5) is 5.69 Å². The molecule has 1 fully saturated rings. The van der Waals surface area contributed by atoms with E-state index in [1.807, 2.05) is 24.3 Å². The van der Waals surface area contributed by atoms with Gasteiger partial charge in [0.25, 0.3) is 5.91 Å². The van der Waals surface area contributed by atoms with Crippen LogP contribution in [-0.4, -0.2) is 56.7 Å². The van der Waals surface area contributed by atoms with Crippen LogP contribution < -0.4 is 9.64 Å². The molecule has 0 unspecified atom stereocenters. The Bertz CT molecular complexity index is 802. The minimum atomic E-state index is -0.408. The number of amides is 1. The number of anilines is 1. The van der Waals surface area contributed by atoms with Gasteiger partial charge in [-0.05, 0) is 36.4 Å². The largest absolute Gasteiger partial charge is 0.484 e. The summed E-state index contributed by atoms with van der Waals surface area (Å²) < 4.78 is 10.2. The van der Waals surface area contributed by atoms with Crippen molar-refractivity contribution >= 4 is 29.2 Å². The van der Waals surface area contributed by atoms with Crippen molar-refractivity contribution in [2.24, 2.45) is 0 Å². The molecule has 0 N–H and O–H groups in total. The highest BCUT2D eigenvalue weighted by Gasteiger charge is 2.22. The van der Waals surface area contributed by atoms with Crippen molar-refractivity contribution in [2.75, 3.05) is 44.8 Å². The highest BCUT2D eigenvalue weighted by atomic mass is 35.5. The summed E-state index contributed by atoms with van der Waals surface area (Å²) in [5.74, 6) is 0.0607. The van der Waals surface area contributed by atoms with Crippen LogP contribution in [0.1, 0.15) is 10.4 Å². The standard InChI is InChI=1S/C20H21ClN2O4/c1-26-20(25)15-6-8-16(9-7-15)27-14-19(24)23-12-10-22(11-13-23)18-5-3-2-4-17(18)21/h2-9H,10-14H2,1H3. The molecule has 0 aliphatic carbocycles. The van der Waals surface area contributed by atoms with Gasteiger partial charge in [0.15, 0.2) is 6.61 Å². The Morgan fingerprint density at radius 2 is 1.67 bits per heavy atom. The second-order valence-corrected chi connectivity index (χ2v) is 6.53. The first-order valence-corrected chi connectivity index (χ1v) is 9.04. The van der Waals surface area contributed by atoms with Crippen molar-refractivity contribution in [3.8, 4) is 5.75 Å². The third kappa shape index (κ3) is 4.71. The minimum Gasteiger partial charge on any atom is -0.484 e. The molecule has 0 atom stereocenters. The Morgan fingerprint density at radius 1 is 1.00 bits per heavy atom. The SMILES string of the molecule is COC(=O)c1ccc(OCC(=O)N2CCN(c3ccccc3Cl)CC2)cc1. The van der Waals surface area contributed by atoms with Gasteiger partial charge in [0.2, 0.25) is 0 Å². The Morgan fingerprint density at radius 3 is 2.30 bits per heavy atom. The maximum absolute atomic E-state index is 12.4. The molecule has 1 aliphatic heterocycles. The van der Waals surface area contributed by atoms with Gasteiger partial charge in [0.05, 0.1) is 23.4 Å². The Labute approximate surface area is 163 Å². The predicted molar refractivity (Wildman–Crippen MR) is 104 cm³/mol. The molecule has 1 amide bonds. The van der Waals surface area contributed by atoms with Gasteiger partial charge in [-0.15, -0.1) is 0 Å². The summed E-state index contributed by atoms with van der Waals surface area (Å²) >= 11 is 6.24. The molecular formula is C20H21ClN2O4. The number of ether oxygens (including phenoxy) is 2. The van der Waals surface area contributed by atoms with Gasteiger partial charge in [-0.3, -0.25) is 4.79 Å². The molecule has 142 valence electrons. The average Bonchev–Trinajstić information content (AvgIpc) is 2.72. The van der Waals surface area contributed by atoms with Crippen LogP contribution in [0.2, 0.25) is 5.02 Å². The summed E-state index contributed by atoms with van der Waals surface area (Å²) in [5.41, 5.74) is 1.43. The van der Waals surface area contributed by atoms with E-state index in [9.17, 15) is 9.59 Å². The molecule has 0 aromatic heterocycles. The van der Waals surface area contributed by atoms with Crippen LogP contribution in [-0.2, 0) is 9.53 Å². The van der Waals surface area contributed by atoms with Crippen LogP contribution >= 0.6 is 11.6 Å². The Balaban J connectivity index is 1.48. The van der Waals surface area contributed by atoms with E-state index in [1.54, 1.807) is 29.2 Å². The molecule has 1 heterocycles. The van der Waals surface area contributed by atoms with Crippen LogP contribution in [0.15, 0.2) is 48.5 Å². The highest BCUT2D eigenvalue weighted by Crippen LogP contribution is 2.26. The molecule has 27 heavy (non-hydrogen) atoms. The zero-order chi connectivity index (χ0) is 19.2. The monoisotopic (exact) mass is 388 g/mol. The van der Waals surface area contributed by atoms with Gasteiger partial charge in [0.1, 0.15) is 5.75 Å². The van der Waals surface area contributed by atoms with E-state index < -0.39 is 5.97 Å². The van der Waals surface area contributed by atoms with Crippen molar-refractivity contribution in [3.05, 3.63) is 59.1 Å². The van der Waals surface area contributed by atoms with Crippen molar-refractivity contribution in [1.82, 2.24) is 4.90 Å². The fourth-order valence-electron chi connectivity index (χ4n) is 2.95. The number of hydrogen-bond donors (Lipinski definition) is 0. The number of methoxy groups -OCH3 is 1. The second-order valence-electron chi connectivity index (χ2n) is 6.12. The maximum atomic E-state index is 12.4. The number of carbonyl (C=O) groups excluding carboxylic acids is 2. The van der Waals surface area contributed by atoms with Crippen molar-refractivity contribution in [2.45, 2.75) is 0 Å². The summed E-state index contributed by atoms with van der Waals surface area (Å²) in [6.07, 6.45) is 0. The molecule has 6 nitrogen and oxygen atoms in total. The van der Waals surface area contributed by atoms with E-state index in [0.717, 1.165) is 23.8 Å². The zero-order valence-corrected chi connectivity index (χ0v) is 15.8. The molecule has 0 spiro atoms. The zero-order valence-electron chi connectivity index (χ0n) is 15.1. The molecule has 3 rings (SSSR count). The third-order valence-electron chi connectivity index (χ3n) is 4.46. The topological polar surface area (TPSA) is 59.1 Å². The van der Waals surface area contributed by atoms with E-state index in [-0.39, 0.29) is 12.5 Å². The molecular weight excluding hydrogens is 368 g/mol. The first kappa shape index (κ1) is 19.0. The summed E-state index contributed by atoms with van der Waals surface area (Å²) in [7, 11) is 1.33. The minimum absolute atomic E-state index is 0.0380. The number of para-hydroxylation sites is 1. The summed E-state index contributed by atoms with van der Waals surface area (Å²) in [4.78, 5) is 27.8. The fourth-order valence-corrected chi connectivity index (χ4v) is 3.20. The van der Waals surface area contributed by atoms with Crippen molar-refractivity contribution in [1.29, 1.82) is 0 Å². The lowest BCUT2D eigenvalue weighted by Gasteiger charge is -2.36. The van der Waals surface area contributed by atoms with Gasteiger partial charge < -0.3 is 19.3 Å². The third-order valence-corrected chi connectivity index (χ3v) is 4.78. The summed E-state index contributed by atoms with van der Waals surface area (Å²) in [6, 6.07) is 14.2. The smallest absolute Gasteiger partial charge is 0.337 e.